The van der Waals surface area contributed by atoms with E-state index in [-0.39, 0.29) is 0 Å². The van der Waals surface area contributed by atoms with Crippen LogP contribution in [0.1, 0.15) is 0 Å². The highest BCUT2D eigenvalue weighted by Gasteiger charge is 2.21. The molecular formula is C40H24N2O. The fourth-order valence-electron chi connectivity index (χ4n) is 7.30. The number of hydrogen-bond donors (Lipinski definition) is 0. The van der Waals surface area contributed by atoms with E-state index < -0.39 is 0 Å². The van der Waals surface area contributed by atoms with Gasteiger partial charge in [0, 0.05) is 37.7 Å². The number of benzene rings is 7. The van der Waals surface area contributed by atoms with Gasteiger partial charge in [-0.2, -0.15) is 0 Å². The summed E-state index contributed by atoms with van der Waals surface area (Å²) in [6, 6.07) is 52.4. The molecule has 0 bridgehead atoms. The van der Waals surface area contributed by atoms with Gasteiger partial charge in [0.2, 0.25) is 0 Å². The molecule has 3 heteroatoms. The van der Waals surface area contributed by atoms with Crippen LogP contribution in [0.3, 0.4) is 0 Å². The van der Waals surface area contributed by atoms with E-state index in [1.807, 2.05) is 6.07 Å². The number of furan rings is 1. The van der Waals surface area contributed by atoms with Crippen LogP contribution < -0.4 is 0 Å². The maximum absolute atomic E-state index is 6.33. The minimum absolute atomic E-state index is 0.918. The van der Waals surface area contributed by atoms with E-state index in [9.17, 15) is 0 Å². The average molecular weight is 549 g/mol. The van der Waals surface area contributed by atoms with Crippen LogP contribution in [-0.2, 0) is 0 Å². The Morgan fingerprint density at radius 3 is 1.84 bits per heavy atom. The second-order valence-corrected chi connectivity index (χ2v) is 11.3. The minimum Gasteiger partial charge on any atom is -0.456 e. The topological polar surface area (TPSA) is 23.0 Å². The molecule has 200 valence electrons. The first kappa shape index (κ1) is 22.8. The van der Waals surface area contributed by atoms with Crippen molar-refractivity contribution in [2.75, 3.05) is 0 Å². The predicted octanol–water partition coefficient (Wildman–Crippen LogP) is 10.9. The normalized spacial score (nSPS) is 12.2. The quantitative estimate of drug-likeness (QED) is 0.211. The second-order valence-electron chi connectivity index (χ2n) is 11.3. The van der Waals surface area contributed by atoms with Gasteiger partial charge in [-0.15, -0.1) is 0 Å². The lowest BCUT2D eigenvalue weighted by molar-refractivity contribution is 0.669. The van der Waals surface area contributed by atoms with Crippen molar-refractivity contribution < 1.29 is 4.42 Å². The molecule has 0 saturated heterocycles. The zero-order valence-electron chi connectivity index (χ0n) is 23.2. The summed E-state index contributed by atoms with van der Waals surface area (Å²) >= 11 is 0. The molecule has 10 rings (SSSR count). The lowest BCUT2D eigenvalue weighted by Crippen LogP contribution is -1.97. The molecule has 0 spiro atoms. The summed E-state index contributed by atoms with van der Waals surface area (Å²) < 4.78 is 11.2. The van der Waals surface area contributed by atoms with Crippen LogP contribution in [0.2, 0.25) is 0 Å². The molecular weight excluding hydrogens is 524 g/mol. The Balaban J connectivity index is 1.38. The number of rotatable bonds is 2. The molecule has 0 N–H and O–H groups in total. The van der Waals surface area contributed by atoms with E-state index in [0.29, 0.717) is 0 Å². The molecule has 3 nitrogen and oxygen atoms in total. The lowest BCUT2D eigenvalue weighted by atomic mass is 10.1. The van der Waals surface area contributed by atoms with Crippen molar-refractivity contribution in [2.24, 2.45) is 0 Å². The molecule has 0 saturated carbocycles. The Morgan fingerprint density at radius 1 is 0.349 bits per heavy atom. The average Bonchev–Trinajstić information content (AvgIpc) is 3.71. The van der Waals surface area contributed by atoms with Crippen molar-refractivity contribution in [3.8, 4) is 11.4 Å². The van der Waals surface area contributed by atoms with Crippen molar-refractivity contribution in [1.82, 2.24) is 9.13 Å². The third kappa shape index (κ3) is 3.03. The second kappa shape index (κ2) is 8.37. The molecule has 0 aliphatic rings. The molecule has 3 heterocycles. The molecule has 43 heavy (non-hydrogen) atoms. The third-order valence-electron chi connectivity index (χ3n) is 9.10. The van der Waals surface area contributed by atoms with E-state index in [4.69, 9.17) is 4.42 Å². The molecule has 0 aliphatic heterocycles. The van der Waals surface area contributed by atoms with Gasteiger partial charge < -0.3 is 13.6 Å². The number of hydrogen-bond acceptors (Lipinski definition) is 1. The zero-order chi connectivity index (χ0) is 28.1. The summed E-state index contributed by atoms with van der Waals surface area (Å²) in [5.74, 6) is 0. The fraction of sp³-hybridized carbons (Fsp3) is 0. The third-order valence-corrected chi connectivity index (χ3v) is 9.10. The van der Waals surface area contributed by atoms with E-state index in [2.05, 4.69) is 149 Å². The monoisotopic (exact) mass is 548 g/mol. The Labute approximate surface area is 246 Å². The van der Waals surface area contributed by atoms with Gasteiger partial charge in [0.25, 0.3) is 0 Å². The summed E-state index contributed by atoms with van der Waals surface area (Å²) in [5, 5.41) is 9.64. The van der Waals surface area contributed by atoms with Crippen LogP contribution in [0.15, 0.2) is 150 Å². The smallest absolute Gasteiger partial charge is 0.136 e. The Morgan fingerprint density at radius 2 is 0.953 bits per heavy atom. The molecule has 0 atom stereocenters. The van der Waals surface area contributed by atoms with Crippen molar-refractivity contribution in [2.45, 2.75) is 0 Å². The van der Waals surface area contributed by atoms with Crippen LogP contribution in [-0.4, -0.2) is 9.13 Å². The Kier molecular flexibility index (Phi) is 4.45. The van der Waals surface area contributed by atoms with E-state index in [1.54, 1.807) is 0 Å². The minimum atomic E-state index is 0.918. The summed E-state index contributed by atoms with van der Waals surface area (Å²) in [5.41, 5.74) is 8.95. The van der Waals surface area contributed by atoms with Gasteiger partial charge in [0.15, 0.2) is 0 Å². The SMILES string of the molecule is c1ccc2c(-n3c4ccccc4c4c(-n5c6ccccc6c6cc7oc8ccccc8c7cc65)cccc43)cccc2c1. The number of nitrogens with zero attached hydrogens (tertiary/aromatic N) is 2. The number of para-hydroxylation sites is 3. The summed E-state index contributed by atoms with van der Waals surface area (Å²) in [7, 11) is 0. The van der Waals surface area contributed by atoms with Gasteiger partial charge in [-0.05, 0) is 53.9 Å². The summed E-state index contributed by atoms with van der Waals surface area (Å²) in [4.78, 5) is 0. The van der Waals surface area contributed by atoms with Gasteiger partial charge in [0.05, 0.1) is 33.4 Å². The number of fused-ring (bicyclic) bond motifs is 10. The van der Waals surface area contributed by atoms with Crippen LogP contribution in [0.4, 0.5) is 0 Å². The van der Waals surface area contributed by atoms with Crippen molar-refractivity contribution in [3.05, 3.63) is 146 Å². The molecule has 10 aromatic rings. The largest absolute Gasteiger partial charge is 0.456 e. The maximum Gasteiger partial charge on any atom is 0.136 e. The van der Waals surface area contributed by atoms with Gasteiger partial charge in [0.1, 0.15) is 11.2 Å². The van der Waals surface area contributed by atoms with Gasteiger partial charge in [-0.3, -0.25) is 0 Å². The first-order valence-corrected chi connectivity index (χ1v) is 14.7. The highest BCUT2D eigenvalue weighted by molar-refractivity contribution is 6.20. The molecule has 0 radical (unpaired) electrons. The van der Waals surface area contributed by atoms with Crippen LogP contribution in [0.25, 0.3) is 87.7 Å². The van der Waals surface area contributed by atoms with Gasteiger partial charge >= 0.3 is 0 Å². The number of aromatic nitrogens is 2. The zero-order valence-corrected chi connectivity index (χ0v) is 23.2. The Bertz CT molecular complexity index is 2730. The molecule has 0 fully saturated rings. The lowest BCUT2D eigenvalue weighted by Gasteiger charge is -2.13. The molecule has 0 amide bonds. The van der Waals surface area contributed by atoms with Crippen LogP contribution >= 0.6 is 0 Å². The predicted molar refractivity (Wildman–Crippen MR) is 180 cm³/mol. The maximum atomic E-state index is 6.33. The van der Waals surface area contributed by atoms with Crippen LogP contribution in [0, 0.1) is 0 Å². The van der Waals surface area contributed by atoms with Crippen molar-refractivity contribution in [1.29, 1.82) is 0 Å². The molecule has 0 unspecified atom stereocenters. The highest BCUT2D eigenvalue weighted by atomic mass is 16.3. The first-order valence-electron chi connectivity index (χ1n) is 14.7. The summed E-state index contributed by atoms with van der Waals surface area (Å²) in [6.45, 7) is 0. The van der Waals surface area contributed by atoms with E-state index in [1.165, 1.54) is 65.8 Å². The van der Waals surface area contributed by atoms with Crippen LogP contribution in [0.5, 0.6) is 0 Å². The van der Waals surface area contributed by atoms with Gasteiger partial charge in [-0.1, -0.05) is 97.1 Å². The Hall–Kier alpha value is -5.80. The molecule has 0 aliphatic carbocycles. The van der Waals surface area contributed by atoms with Gasteiger partial charge in [-0.25, -0.2) is 0 Å². The van der Waals surface area contributed by atoms with Crippen molar-refractivity contribution >= 4 is 76.3 Å². The van der Waals surface area contributed by atoms with E-state index in [0.717, 1.165) is 21.9 Å². The standard InChI is InChI=1S/C40H24N2O/c1-2-13-26-25(11-1)12-9-19-32(26)41-34-18-7-4-16-29(34)40-35(41)20-10-21-36(40)42-33-17-6-3-14-27(33)30-24-39-31(23-37(30)42)28-15-5-8-22-38(28)43-39/h1-24H. The fourth-order valence-corrected chi connectivity index (χ4v) is 7.30. The van der Waals surface area contributed by atoms with Crippen molar-refractivity contribution in [3.63, 3.8) is 0 Å². The summed E-state index contributed by atoms with van der Waals surface area (Å²) in [6.07, 6.45) is 0. The molecule has 3 aromatic heterocycles. The van der Waals surface area contributed by atoms with E-state index >= 15 is 0 Å². The highest BCUT2D eigenvalue weighted by Crippen LogP contribution is 2.42. The molecule has 7 aromatic carbocycles. The first-order chi connectivity index (χ1) is 21.3.